The standard InChI is InChI=1S/C20H10N2O6/c23-12-5-9-18(24)15(10-12)13-7-8-17(22(27)28)20-14(13)6-4-11-2-1-3-16(19(11)20)21(25)26/h1-10H. The molecule has 4 rings (SSSR count). The number of fused-ring (bicyclic) bond motifs is 3. The maximum absolute atomic E-state index is 12.3. The van der Waals surface area contributed by atoms with E-state index in [1.54, 1.807) is 18.2 Å². The summed E-state index contributed by atoms with van der Waals surface area (Å²) in [5.41, 5.74) is -0.193. The van der Waals surface area contributed by atoms with Crippen LogP contribution in [-0.2, 0) is 9.59 Å². The maximum atomic E-state index is 12.3. The average molecular weight is 374 g/mol. The lowest BCUT2D eigenvalue weighted by molar-refractivity contribution is -0.384. The molecule has 8 heteroatoms. The van der Waals surface area contributed by atoms with E-state index in [-0.39, 0.29) is 33.5 Å². The molecule has 0 unspecified atom stereocenters. The zero-order valence-corrected chi connectivity index (χ0v) is 14.1. The molecule has 3 aromatic carbocycles. The van der Waals surface area contributed by atoms with Crippen LogP contribution in [0.25, 0.3) is 27.1 Å². The molecule has 0 bridgehead atoms. The molecule has 0 atom stereocenters. The van der Waals surface area contributed by atoms with Gasteiger partial charge in [0.25, 0.3) is 11.4 Å². The van der Waals surface area contributed by atoms with Gasteiger partial charge in [-0.1, -0.05) is 24.3 Å². The normalized spacial score (nSPS) is 13.8. The van der Waals surface area contributed by atoms with E-state index in [9.17, 15) is 29.8 Å². The Balaban J connectivity index is 2.20. The number of non-ortho nitro benzene ring substituents is 2. The Hall–Kier alpha value is -4.20. The average Bonchev–Trinajstić information content (AvgIpc) is 2.68. The molecule has 0 saturated heterocycles. The number of nitro benzene ring substituents is 2. The van der Waals surface area contributed by atoms with Crippen LogP contribution in [0.1, 0.15) is 5.56 Å². The van der Waals surface area contributed by atoms with Crippen LogP contribution in [-0.4, -0.2) is 21.4 Å². The van der Waals surface area contributed by atoms with Gasteiger partial charge in [-0.3, -0.25) is 29.8 Å². The Bertz CT molecular complexity index is 1300. The summed E-state index contributed by atoms with van der Waals surface area (Å²) < 4.78 is 0. The summed E-state index contributed by atoms with van der Waals surface area (Å²) in [6.45, 7) is 0. The molecule has 0 heterocycles. The first-order chi connectivity index (χ1) is 13.4. The molecule has 0 aromatic heterocycles. The highest BCUT2D eigenvalue weighted by molar-refractivity contribution is 6.36. The highest BCUT2D eigenvalue weighted by atomic mass is 16.6. The molecule has 0 spiro atoms. The lowest BCUT2D eigenvalue weighted by Crippen LogP contribution is -2.07. The Morgan fingerprint density at radius 3 is 2.18 bits per heavy atom. The van der Waals surface area contributed by atoms with E-state index in [0.29, 0.717) is 16.3 Å². The van der Waals surface area contributed by atoms with Crippen molar-refractivity contribution in [1.29, 1.82) is 0 Å². The number of hydrogen-bond acceptors (Lipinski definition) is 6. The van der Waals surface area contributed by atoms with Gasteiger partial charge in [-0.25, -0.2) is 0 Å². The molecule has 0 saturated carbocycles. The molecule has 0 radical (unpaired) electrons. The van der Waals surface area contributed by atoms with Gasteiger partial charge in [0, 0.05) is 17.7 Å². The summed E-state index contributed by atoms with van der Waals surface area (Å²) in [6, 6.07) is 10.1. The van der Waals surface area contributed by atoms with Crippen LogP contribution in [0.3, 0.4) is 0 Å². The molecule has 0 fully saturated rings. The van der Waals surface area contributed by atoms with Gasteiger partial charge in [0.15, 0.2) is 11.6 Å². The Kier molecular flexibility index (Phi) is 3.82. The van der Waals surface area contributed by atoms with E-state index in [1.807, 2.05) is 0 Å². The lowest BCUT2D eigenvalue weighted by atomic mass is 9.89. The van der Waals surface area contributed by atoms with Crippen molar-refractivity contribution in [3.8, 4) is 0 Å². The van der Waals surface area contributed by atoms with Crippen molar-refractivity contribution in [1.82, 2.24) is 0 Å². The van der Waals surface area contributed by atoms with Crippen molar-refractivity contribution < 1.29 is 19.4 Å². The van der Waals surface area contributed by atoms with Crippen LogP contribution >= 0.6 is 0 Å². The van der Waals surface area contributed by atoms with Crippen molar-refractivity contribution in [2.45, 2.75) is 0 Å². The fraction of sp³-hybridized carbons (Fsp3) is 0. The summed E-state index contributed by atoms with van der Waals surface area (Å²) in [7, 11) is 0. The van der Waals surface area contributed by atoms with Gasteiger partial charge in [-0.15, -0.1) is 0 Å². The zero-order chi connectivity index (χ0) is 20.0. The number of carbonyl (C=O) groups is 2. The molecular formula is C20H10N2O6. The van der Waals surface area contributed by atoms with Crippen molar-refractivity contribution >= 4 is 50.1 Å². The molecule has 8 nitrogen and oxygen atoms in total. The van der Waals surface area contributed by atoms with Gasteiger partial charge < -0.3 is 0 Å². The lowest BCUT2D eigenvalue weighted by Gasteiger charge is -2.13. The van der Waals surface area contributed by atoms with Gasteiger partial charge >= 0.3 is 0 Å². The van der Waals surface area contributed by atoms with Crippen molar-refractivity contribution in [2.75, 3.05) is 0 Å². The summed E-state index contributed by atoms with van der Waals surface area (Å²) in [4.78, 5) is 46.0. The number of allylic oxidation sites excluding steroid dienone is 4. The molecule has 28 heavy (non-hydrogen) atoms. The number of benzene rings is 3. The second-order valence-electron chi connectivity index (χ2n) is 6.17. The van der Waals surface area contributed by atoms with Crippen molar-refractivity contribution in [3.63, 3.8) is 0 Å². The third-order valence-electron chi connectivity index (χ3n) is 4.61. The third-order valence-corrected chi connectivity index (χ3v) is 4.61. The largest absolute Gasteiger partial charge is 0.290 e. The van der Waals surface area contributed by atoms with Crippen LogP contribution < -0.4 is 0 Å². The van der Waals surface area contributed by atoms with Gasteiger partial charge in [0.2, 0.25) is 0 Å². The maximum Gasteiger partial charge on any atom is 0.278 e. The van der Waals surface area contributed by atoms with Gasteiger partial charge in [-0.2, -0.15) is 0 Å². The number of nitrogens with zero attached hydrogens (tertiary/aromatic N) is 2. The fourth-order valence-electron chi connectivity index (χ4n) is 3.44. The minimum atomic E-state index is -0.621. The zero-order valence-electron chi connectivity index (χ0n) is 14.1. The molecular weight excluding hydrogens is 364 g/mol. The van der Waals surface area contributed by atoms with Crippen molar-refractivity contribution in [2.24, 2.45) is 0 Å². The first-order valence-electron chi connectivity index (χ1n) is 8.14. The Labute approximate surface area is 156 Å². The minimum absolute atomic E-state index is 0.0583. The molecule has 0 N–H and O–H groups in total. The van der Waals surface area contributed by atoms with E-state index < -0.39 is 15.6 Å². The number of ketones is 2. The fourth-order valence-corrected chi connectivity index (χ4v) is 3.44. The Morgan fingerprint density at radius 1 is 0.750 bits per heavy atom. The van der Waals surface area contributed by atoms with E-state index >= 15 is 0 Å². The first-order valence-corrected chi connectivity index (χ1v) is 8.14. The summed E-state index contributed by atoms with van der Waals surface area (Å²) in [6.07, 6.45) is 3.43. The number of hydrogen-bond donors (Lipinski definition) is 0. The SMILES string of the molecule is O=C1C=CC(=O)C(c2ccc([N+](=O)[O-])c3c2ccc2cccc([N+](=O)[O-])c23)=C1. The van der Waals surface area contributed by atoms with Crippen LogP contribution in [0.15, 0.2) is 60.7 Å². The second kappa shape index (κ2) is 6.20. The molecule has 136 valence electrons. The van der Waals surface area contributed by atoms with Gasteiger partial charge in [-0.05, 0) is 40.6 Å². The molecule has 1 aliphatic carbocycles. The summed E-state index contributed by atoms with van der Waals surface area (Å²) in [5, 5.41) is 24.1. The van der Waals surface area contributed by atoms with Gasteiger partial charge in [0.05, 0.1) is 20.6 Å². The monoisotopic (exact) mass is 374 g/mol. The number of rotatable bonds is 3. The topological polar surface area (TPSA) is 120 Å². The Morgan fingerprint density at radius 2 is 1.46 bits per heavy atom. The quantitative estimate of drug-likeness (QED) is 0.297. The molecule has 0 aliphatic heterocycles. The summed E-state index contributed by atoms with van der Waals surface area (Å²) in [5.74, 6) is -0.801. The van der Waals surface area contributed by atoms with Crippen LogP contribution in [0.5, 0.6) is 0 Å². The minimum Gasteiger partial charge on any atom is -0.290 e. The second-order valence-corrected chi connectivity index (χ2v) is 6.17. The van der Waals surface area contributed by atoms with Gasteiger partial charge in [0.1, 0.15) is 0 Å². The third kappa shape index (κ3) is 2.55. The van der Waals surface area contributed by atoms with Crippen LogP contribution in [0.4, 0.5) is 11.4 Å². The predicted molar refractivity (Wildman–Crippen MR) is 102 cm³/mol. The number of carbonyl (C=O) groups excluding carboxylic acids is 2. The number of nitro groups is 2. The highest BCUT2D eigenvalue weighted by Crippen LogP contribution is 2.41. The molecule has 0 amide bonds. The van der Waals surface area contributed by atoms with Crippen LogP contribution in [0, 0.1) is 20.2 Å². The smallest absolute Gasteiger partial charge is 0.278 e. The molecule has 1 aliphatic rings. The molecule has 3 aromatic rings. The van der Waals surface area contributed by atoms with E-state index in [1.165, 1.54) is 24.3 Å². The first kappa shape index (κ1) is 17.2. The highest BCUT2D eigenvalue weighted by Gasteiger charge is 2.25. The van der Waals surface area contributed by atoms with E-state index in [0.717, 1.165) is 18.2 Å². The predicted octanol–water partition coefficient (Wildman–Crippen LogP) is 3.90. The van der Waals surface area contributed by atoms with Crippen LogP contribution in [0.2, 0.25) is 0 Å². The summed E-state index contributed by atoms with van der Waals surface area (Å²) >= 11 is 0. The van der Waals surface area contributed by atoms with E-state index in [4.69, 9.17) is 0 Å². The van der Waals surface area contributed by atoms with Crippen molar-refractivity contribution in [3.05, 3.63) is 86.5 Å². The van der Waals surface area contributed by atoms with E-state index in [2.05, 4.69) is 0 Å².